The van der Waals surface area contributed by atoms with Gasteiger partial charge in [-0.3, -0.25) is 19.4 Å². The van der Waals surface area contributed by atoms with Gasteiger partial charge in [-0.05, 0) is 49.8 Å². The fourth-order valence-corrected chi connectivity index (χ4v) is 5.77. The minimum Gasteiger partial charge on any atom is -0.382 e. The van der Waals surface area contributed by atoms with Crippen molar-refractivity contribution in [2.24, 2.45) is 5.92 Å². The predicted molar refractivity (Wildman–Crippen MR) is 170 cm³/mol. The fraction of sp³-hybridized carbons (Fsp3) is 0.438. The molecule has 0 aromatic carbocycles. The summed E-state index contributed by atoms with van der Waals surface area (Å²) in [7, 11) is 1.59. The normalized spacial score (nSPS) is 19.1. The maximum absolute atomic E-state index is 13.4. The maximum Gasteiger partial charge on any atom is 0.331 e. The average Bonchev–Trinajstić information content (AvgIpc) is 3.99. The summed E-state index contributed by atoms with van der Waals surface area (Å²) in [6.45, 7) is 3.42. The Bertz CT molecular complexity index is 1830. The van der Waals surface area contributed by atoms with E-state index in [9.17, 15) is 14.4 Å². The number of pyridine rings is 1. The summed E-state index contributed by atoms with van der Waals surface area (Å²) in [6, 6.07) is 5.10. The van der Waals surface area contributed by atoms with Gasteiger partial charge < -0.3 is 24.5 Å². The number of carbonyl (C=O) groups is 3. The van der Waals surface area contributed by atoms with Crippen LogP contribution in [0.1, 0.15) is 53.9 Å². The van der Waals surface area contributed by atoms with Crippen LogP contribution in [0.15, 0.2) is 43.1 Å². The zero-order valence-corrected chi connectivity index (χ0v) is 26.3. The number of aryl methyl sites for hydroxylation is 1. The number of imidazole rings is 1. The summed E-state index contributed by atoms with van der Waals surface area (Å²) >= 11 is 0. The number of imide groups is 1. The van der Waals surface area contributed by atoms with Crippen molar-refractivity contribution in [3.05, 3.63) is 65.9 Å². The lowest BCUT2D eigenvalue weighted by Gasteiger charge is -2.18. The standard InChI is InChI=1S/C32H36N10O5/c1-19-5-6-33-29(37-19)23-12-24(23)31(44)39-27-13-26(35-18-36-27)34-14-22-16-40-15-21(20-3-4-20)11-25(30(40)38-22)42-17-28(43)41(32(42)45)7-8-47-10-9-46-2/h5-6,11,13,15-16,18,20,23-24H,3-4,7-10,12,14,17H2,1-2H3,(H2,34,35,36,39,44)/t23-,24-/m0/s1. The number of nitrogens with one attached hydrogen (secondary N) is 2. The van der Waals surface area contributed by atoms with Crippen LogP contribution >= 0.6 is 0 Å². The van der Waals surface area contributed by atoms with Crippen LogP contribution in [-0.4, -0.2) is 92.1 Å². The highest BCUT2D eigenvalue weighted by atomic mass is 16.5. The monoisotopic (exact) mass is 640 g/mol. The molecule has 1 aliphatic heterocycles. The third kappa shape index (κ3) is 6.76. The van der Waals surface area contributed by atoms with E-state index in [0.717, 1.165) is 24.1 Å². The molecule has 2 aliphatic carbocycles. The molecule has 15 nitrogen and oxygen atoms in total. The van der Waals surface area contributed by atoms with Crippen LogP contribution in [0.5, 0.6) is 0 Å². The largest absolute Gasteiger partial charge is 0.382 e. The Balaban J connectivity index is 1.02. The molecule has 244 valence electrons. The third-order valence-electron chi connectivity index (χ3n) is 8.53. The summed E-state index contributed by atoms with van der Waals surface area (Å²) in [4.78, 5) is 64.0. The van der Waals surface area contributed by atoms with Crippen LogP contribution < -0.4 is 15.5 Å². The third-order valence-corrected chi connectivity index (χ3v) is 8.53. The van der Waals surface area contributed by atoms with Gasteiger partial charge in [0.05, 0.1) is 44.3 Å². The van der Waals surface area contributed by atoms with Crippen molar-refractivity contribution in [1.82, 2.24) is 34.2 Å². The zero-order chi connectivity index (χ0) is 32.5. The summed E-state index contributed by atoms with van der Waals surface area (Å²) < 4.78 is 12.4. The molecule has 4 aromatic rings. The average molecular weight is 641 g/mol. The van der Waals surface area contributed by atoms with Gasteiger partial charge >= 0.3 is 6.03 Å². The molecule has 2 N–H and O–H groups in total. The Hall–Kier alpha value is -5.02. The number of ether oxygens (including phenoxy) is 2. The van der Waals surface area contributed by atoms with Crippen molar-refractivity contribution < 1.29 is 23.9 Å². The number of aromatic nitrogens is 6. The van der Waals surface area contributed by atoms with Gasteiger partial charge in [0.25, 0.3) is 5.91 Å². The van der Waals surface area contributed by atoms with E-state index in [0.29, 0.717) is 66.6 Å². The van der Waals surface area contributed by atoms with E-state index < -0.39 is 0 Å². The highest BCUT2D eigenvalue weighted by Crippen LogP contribution is 2.46. The topological polar surface area (TPSA) is 169 Å². The Morgan fingerprint density at radius 2 is 1.89 bits per heavy atom. The van der Waals surface area contributed by atoms with Gasteiger partial charge in [0.2, 0.25) is 5.91 Å². The number of carbonyl (C=O) groups excluding carboxylic acids is 3. The predicted octanol–water partition coefficient (Wildman–Crippen LogP) is 2.89. The zero-order valence-electron chi connectivity index (χ0n) is 26.3. The van der Waals surface area contributed by atoms with E-state index in [4.69, 9.17) is 14.5 Å². The van der Waals surface area contributed by atoms with Crippen molar-refractivity contribution >= 4 is 40.8 Å². The second kappa shape index (κ2) is 13.0. The quantitative estimate of drug-likeness (QED) is 0.154. The van der Waals surface area contributed by atoms with Crippen LogP contribution in [-0.2, 0) is 25.6 Å². The molecule has 3 aliphatic rings. The highest BCUT2D eigenvalue weighted by Gasteiger charge is 2.46. The minimum absolute atomic E-state index is 0.00634. The van der Waals surface area contributed by atoms with Crippen molar-refractivity contribution in [3.63, 3.8) is 0 Å². The van der Waals surface area contributed by atoms with E-state index in [2.05, 4.69) is 30.6 Å². The molecule has 1 saturated heterocycles. The van der Waals surface area contributed by atoms with Crippen LogP contribution in [0, 0.1) is 12.8 Å². The lowest BCUT2D eigenvalue weighted by atomic mass is 10.1. The summed E-state index contributed by atoms with van der Waals surface area (Å²) in [5.74, 6) is 1.42. The molecule has 7 rings (SSSR count). The number of fused-ring (bicyclic) bond motifs is 1. The van der Waals surface area contributed by atoms with E-state index in [1.165, 1.54) is 16.1 Å². The Morgan fingerprint density at radius 3 is 2.70 bits per heavy atom. The summed E-state index contributed by atoms with van der Waals surface area (Å²) in [5, 5.41) is 6.14. The maximum atomic E-state index is 13.4. The molecule has 5 heterocycles. The Morgan fingerprint density at radius 1 is 1.04 bits per heavy atom. The highest BCUT2D eigenvalue weighted by molar-refractivity contribution is 6.13. The summed E-state index contributed by atoms with van der Waals surface area (Å²) in [6.07, 6.45) is 9.92. The van der Waals surface area contributed by atoms with Crippen LogP contribution in [0.4, 0.5) is 22.1 Å². The first-order chi connectivity index (χ1) is 22.9. The van der Waals surface area contributed by atoms with Gasteiger partial charge in [0.1, 0.15) is 30.3 Å². The SMILES string of the molecule is COCCOCCN1C(=O)CN(c2cc(C3CC3)cn3cc(CNc4cc(NC(=O)[C@H]5C[C@@H]5c5nccc(C)n5)ncn4)nc23)C1=O. The Kier molecular flexibility index (Phi) is 8.47. The van der Waals surface area contributed by atoms with E-state index >= 15 is 0 Å². The smallest absolute Gasteiger partial charge is 0.331 e. The molecule has 0 radical (unpaired) electrons. The molecular weight excluding hydrogens is 604 g/mol. The molecule has 3 fully saturated rings. The van der Waals surface area contributed by atoms with Gasteiger partial charge in [-0.2, -0.15) is 0 Å². The molecular formula is C32H36N10O5. The van der Waals surface area contributed by atoms with Crippen LogP contribution in [0.2, 0.25) is 0 Å². The van der Waals surface area contributed by atoms with Crippen molar-refractivity contribution in [1.29, 1.82) is 0 Å². The van der Waals surface area contributed by atoms with Crippen LogP contribution in [0.3, 0.4) is 0 Å². The number of amides is 4. The van der Waals surface area contributed by atoms with Gasteiger partial charge in [-0.25, -0.2) is 29.7 Å². The van der Waals surface area contributed by atoms with Gasteiger partial charge in [-0.15, -0.1) is 0 Å². The number of hydrogen-bond donors (Lipinski definition) is 2. The molecule has 2 atom stereocenters. The molecule has 0 spiro atoms. The van der Waals surface area contributed by atoms with E-state index in [-0.39, 0.29) is 49.4 Å². The number of methoxy groups -OCH3 is 1. The summed E-state index contributed by atoms with van der Waals surface area (Å²) in [5.41, 5.74) is 3.87. The molecule has 4 aromatic heterocycles. The molecule has 2 saturated carbocycles. The number of rotatable bonds is 14. The van der Waals surface area contributed by atoms with Crippen LogP contribution in [0.25, 0.3) is 5.65 Å². The Labute approximate surface area is 270 Å². The molecule has 0 unspecified atom stereocenters. The molecule has 4 amide bonds. The molecule has 47 heavy (non-hydrogen) atoms. The van der Waals surface area contributed by atoms with E-state index in [1.807, 2.05) is 35.9 Å². The lowest BCUT2D eigenvalue weighted by molar-refractivity contribution is -0.125. The number of hydrogen-bond acceptors (Lipinski definition) is 11. The lowest BCUT2D eigenvalue weighted by Crippen LogP contribution is -2.35. The number of anilines is 3. The minimum atomic E-state index is -0.387. The fourth-order valence-electron chi connectivity index (χ4n) is 5.77. The van der Waals surface area contributed by atoms with Crippen molar-refractivity contribution in [2.45, 2.75) is 44.6 Å². The first kappa shape index (κ1) is 30.6. The first-order valence-electron chi connectivity index (χ1n) is 15.7. The van der Waals surface area contributed by atoms with Gasteiger partial charge in [0.15, 0.2) is 5.65 Å². The van der Waals surface area contributed by atoms with Gasteiger partial charge in [0, 0.05) is 49.3 Å². The number of urea groups is 1. The van der Waals surface area contributed by atoms with Crippen molar-refractivity contribution in [2.75, 3.05) is 55.6 Å². The first-order valence-corrected chi connectivity index (χ1v) is 15.7. The second-order valence-electron chi connectivity index (χ2n) is 12.1. The molecule has 0 bridgehead atoms. The van der Waals surface area contributed by atoms with Crippen molar-refractivity contribution in [3.8, 4) is 0 Å². The second-order valence-corrected chi connectivity index (χ2v) is 12.1. The van der Waals surface area contributed by atoms with E-state index in [1.54, 1.807) is 19.4 Å². The molecule has 15 heteroatoms. The van der Waals surface area contributed by atoms with Gasteiger partial charge in [-0.1, -0.05) is 0 Å². The number of nitrogens with zero attached hydrogens (tertiary/aromatic N) is 8.